The maximum absolute atomic E-state index is 13.6. The summed E-state index contributed by atoms with van der Waals surface area (Å²) in [6, 6.07) is 11.4. The summed E-state index contributed by atoms with van der Waals surface area (Å²) in [7, 11) is -2.29. The lowest BCUT2D eigenvalue weighted by molar-refractivity contribution is -0.0777. The summed E-state index contributed by atoms with van der Waals surface area (Å²) in [5.74, 6) is 1.07. The van der Waals surface area contributed by atoms with Gasteiger partial charge in [0.1, 0.15) is 17.2 Å². The molecule has 2 aliphatic heterocycles. The van der Waals surface area contributed by atoms with Gasteiger partial charge < -0.3 is 23.9 Å². The van der Waals surface area contributed by atoms with Gasteiger partial charge >= 0.3 is 0 Å². The molecule has 12 heteroatoms. The summed E-state index contributed by atoms with van der Waals surface area (Å²) in [4.78, 5) is 20.6. The van der Waals surface area contributed by atoms with E-state index in [-0.39, 0.29) is 35.3 Å². The van der Waals surface area contributed by atoms with Crippen LogP contribution in [0.2, 0.25) is 5.02 Å². The Morgan fingerprint density at radius 2 is 2.00 bits per heavy atom. The SMILES string of the molecule is CO[C@@]1(Cc2nc(CO)c(C)o2)/C=C/C[C@H](C)[C@@H](C)S(=O)(=O)NC(=O)c2ccc3c(c2)N(C[C@@H]2CC[C@H]21)C[C@@]1(CCCc2cc(Cl)ccc21)CO3. The number of ether oxygens (including phenoxy) is 2. The maximum Gasteiger partial charge on any atom is 0.264 e. The van der Waals surface area contributed by atoms with E-state index in [4.69, 9.17) is 25.5 Å². The number of hydrogen-bond donors (Lipinski definition) is 2. The van der Waals surface area contributed by atoms with Gasteiger partial charge in [-0.25, -0.2) is 18.1 Å². The van der Waals surface area contributed by atoms with Crippen LogP contribution in [0.25, 0.3) is 0 Å². The second-order valence-corrected chi connectivity index (χ2v) is 17.6. The fraction of sp³-hybridized carbons (Fsp3) is 0.538. The van der Waals surface area contributed by atoms with Crippen LogP contribution in [-0.2, 0) is 39.6 Å². The van der Waals surface area contributed by atoms with Crippen molar-refractivity contribution in [2.75, 3.05) is 31.7 Å². The zero-order chi connectivity index (χ0) is 36.1. The highest BCUT2D eigenvalue weighted by atomic mass is 35.5. The second kappa shape index (κ2) is 13.9. The van der Waals surface area contributed by atoms with Crippen LogP contribution in [-0.4, -0.2) is 62.1 Å². The fourth-order valence-electron chi connectivity index (χ4n) is 8.78. The first-order valence-electron chi connectivity index (χ1n) is 18.0. The van der Waals surface area contributed by atoms with Gasteiger partial charge in [-0.05, 0) is 112 Å². The van der Waals surface area contributed by atoms with Gasteiger partial charge in [-0.15, -0.1) is 0 Å². The molecule has 0 unspecified atom stereocenters. The fourth-order valence-corrected chi connectivity index (χ4v) is 10.3. The number of aromatic nitrogens is 1. The number of allylic oxidation sites excluding steroid dienone is 1. The number of halogens is 1. The first-order chi connectivity index (χ1) is 24.4. The molecule has 2 aromatic carbocycles. The predicted octanol–water partition coefficient (Wildman–Crippen LogP) is 6.30. The molecule has 1 aromatic heterocycles. The van der Waals surface area contributed by atoms with Crippen molar-refractivity contribution in [2.45, 2.75) is 88.6 Å². The molecule has 10 nitrogen and oxygen atoms in total. The van der Waals surface area contributed by atoms with Gasteiger partial charge in [0.25, 0.3) is 5.91 Å². The quantitative estimate of drug-likeness (QED) is 0.296. The van der Waals surface area contributed by atoms with Crippen molar-refractivity contribution in [1.29, 1.82) is 0 Å². The van der Waals surface area contributed by atoms with Crippen LogP contribution in [0, 0.1) is 24.7 Å². The molecule has 2 N–H and O–H groups in total. The molecule has 4 aliphatic rings. The Labute approximate surface area is 305 Å². The normalized spacial score (nSPS) is 31.0. The number of nitrogens with one attached hydrogen (secondary N) is 1. The highest BCUT2D eigenvalue weighted by molar-refractivity contribution is 7.90. The summed E-state index contributed by atoms with van der Waals surface area (Å²) >= 11 is 6.47. The van der Waals surface area contributed by atoms with Crippen LogP contribution in [0.15, 0.2) is 53.0 Å². The molecular weight excluding hydrogens is 690 g/mol. The number of sulfonamides is 1. The second-order valence-electron chi connectivity index (χ2n) is 15.1. The predicted molar refractivity (Wildman–Crippen MR) is 196 cm³/mol. The smallest absolute Gasteiger partial charge is 0.264 e. The number of aliphatic hydroxyl groups excluding tert-OH is 1. The number of nitrogens with zero attached hydrogens (tertiary/aromatic N) is 2. The number of aryl methyl sites for hydroxylation is 2. The van der Waals surface area contributed by atoms with Crippen LogP contribution >= 0.6 is 11.6 Å². The van der Waals surface area contributed by atoms with E-state index in [1.54, 1.807) is 39.2 Å². The van der Waals surface area contributed by atoms with Crippen molar-refractivity contribution >= 4 is 33.2 Å². The van der Waals surface area contributed by atoms with Gasteiger partial charge in [0.2, 0.25) is 10.0 Å². The van der Waals surface area contributed by atoms with Crippen molar-refractivity contribution in [3.63, 3.8) is 0 Å². The number of aliphatic hydroxyl groups is 1. The monoisotopic (exact) mass is 737 g/mol. The summed E-state index contributed by atoms with van der Waals surface area (Å²) in [5.41, 5.74) is 2.90. The van der Waals surface area contributed by atoms with Crippen molar-refractivity contribution in [1.82, 2.24) is 9.71 Å². The number of carbonyl (C=O) groups is 1. The van der Waals surface area contributed by atoms with Crippen molar-refractivity contribution in [3.8, 4) is 5.75 Å². The van der Waals surface area contributed by atoms with Gasteiger partial charge in [-0.3, -0.25) is 4.79 Å². The average molecular weight is 738 g/mol. The number of methoxy groups -OCH3 is 1. The van der Waals surface area contributed by atoms with Crippen molar-refractivity contribution < 1.29 is 32.2 Å². The summed E-state index contributed by atoms with van der Waals surface area (Å²) in [6.07, 6.45) is 9.68. The Balaban J connectivity index is 1.34. The molecule has 2 bridgehead atoms. The van der Waals surface area contributed by atoms with E-state index >= 15 is 0 Å². The summed E-state index contributed by atoms with van der Waals surface area (Å²) < 4.78 is 48.6. The number of hydrogen-bond acceptors (Lipinski definition) is 9. The number of rotatable bonds is 4. The molecule has 7 rings (SSSR count). The molecule has 6 atom stereocenters. The molecule has 51 heavy (non-hydrogen) atoms. The number of amides is 1. The molecule has 3 heterocycles. The first kappa shape index (κ1) is 36.0. The third-order valence-corrected chi connectivity index (χ3v) is 14.3. The van der Waals surface area contributed by atoms with E-state index in [9.17, 15) is 18.3 Å². The topological polar surface area (TPSA) is 131 Å². The van der Waals surface area contributed by atoms with Gasteiger partial charge in [0, 0.05) is 36.2 Å². The number of fused-ring (bicyclic) bond motifs is 4. The number of anilines is 1. The van der Waals surface area contributed by atoms with E-state index in [2.05, 4.69) is 32.8 Å². The molecule has 1 saturated carbocycles. The van der Waals surface area contributed by atoms with Gasteiger partial charge in [0.05, 0.1) is 36.2 Å². The zero-order valence-corrected chi connectivity index (χ0v) is 31.4. The molecule has 274 valence electrons. The van der Waals surface area contributed by atoms with Crippen LogP contribution < -0.4 is 14.4 Å². The largest absolute Gasteiger partial charge is 0.490 e. The summed E-state index contributed by atoms with van der Waals surface area (Å²) in [6.45, 7) is 6.89. The molecular formula is C39H48ClN3O7S. The van der Waals surface area contributed by atoms with E-state index < -0.39 is 26.8 Å². The Morgan fingerprint density at radius 1 is 1.18 bits per heavy atom. The van der Waals surface area contributed by atoms with E-state index in [0.717, 1.165) is 42.8 Å². The first-order valence-corrected chi connectivity index (χ1v) is 19.9. The van der Waals surface area contributed by atoms with E-state index in [1.165, 1.54) is 11.1 Å². The lowest BCUT2D eigenvalue weighted by Crippen LogP contribution is -2.54. The lowest BCUT2D eigenvalue weighted by Gasteiger charge is -2.50. The van der Waals surface area contributed by atoms with Gasteiger partial charge in [-0.2, -0.15) is 0 Å². The standard InChI is InChI=1S/C39H48ClN3O7S/c1-24-7-5-16-39(48-4,19-36-41-33(21-44)25(2)50-36)32-12-9-29(32)20-43-22-38(15-6-8-27-17-30(40)11-13-31(27)38)23-49-35-14-10-28(18-34(35)43)37(45)42-51(46,47)26(24)3/h5,10-11,13-14,16-18,24,26,29,32,44H,6-9,12,15,19-23H2,1-4H3,(H,42,45)/b16-5+/t24-,26+,29-,32+,38-,39+/m0/s1. The minimum Gasteiger partial charge on any atom is -0.490 e. The van der Waals surface area contributed by atoms with Crippen LogP contribution in [0.1, 0.15) is 84.8 Å². The Morgan fingerprint density at radius 3 is 2.73 bits per heavy atom. The van der Waals surface area contributed by atoms with Crippen molar-refractivity contribution in [2.24, 2.45) is 17.8 Å². The highest BCUT2D eigenvalue weighted by Gasteiger charge is 2.50. The van der Waals surface area contributed by atoms with E-state index in [0.29, 0.717) is 55.6 Å². The third-order valence-electron chi connectivity index (χ3n) is 12.1. The van der Waals surface area contributed by atoms with Gasteiger partial charge in [0.15, 0.2) is 5.89 Å². The van der Waals surface area contributed by atoms with Crippen LogP contribution in [0.3, 0.4) is 0 Å². The highest BCUT2D eigenvalue weighted by Crippen LogP contribution is 2.50. The molecule has 1 fully saturated rings. The molecule has 3 aromatic rings. The number of benzene rings is 2. The summed E-state index contributed by atoms with van der Waals surface area (Å²) in [5, 5.41) is 9.74. The van der Waals surface area contributed by atoms with E-state index in [1.807, 2.05) is 19.1 Å². The van der Waals surface area contributed by atoms with Gasteiger partial charge in [-0.1, -0.05) is 36.7 Å². The molecule has 1 spiro atoms. The van der Waals surface area contributed by atoms with Crippen molar-refractivity contribution in [3.05, 3.63) is 87.6 Å². The third kappa shape index (κ3) is 6.71. The van der Waals surface area contributed by atoms with Crippen LogP contribution in [0.4, 0.5) is 5.69 Å². The Bertz CT molecular complexity index is 1950. The maximum atomic E-state index is 13.6. The molecule has 2 aliphatic carbocycles. The minimum atomic E-state index is -4.00. The number of oxazole rings is 1. The Kier molecular flexibility index (Phi) is 9.79. The minimum absolute atomic E-state index is 0.0837. The average Bonchev–Trinajstić information content (AvgIpc) is 3.37. The molecule has 0 radical (unpaired) electrons. The Hall–Kier alpha value is -3.38. The molecule has 0 saturated heterocycles. The number of carbonyl (C=O) groups excluding carboxylic acids is 1. The van der Waals surface area contributed by atoms with Crippen LogP contribution in [0.5, 0.6) is 5.75 Å². The molecule has 1 amide bonds. The lowest BCUT2D eigenvalue weighted by atomic mass is 9.63. The zero-order valence-electron chi connectivity index (χ0n) is 29.8.